The van der Waals surface area contributed by atoms with Crippen molar-refractivity contribution in [2.45, 2.75) is 42.2 Å². The van der Waals surface area contributed by atoms with E-state index in [0.717, 1.165) is 49.5 Å². The van der Waals surface area contributed by atoms with Crippen LogP contribution in [-0.4, -0.2) is 38.4 Å². The molecule has 0 radical (unpaired) electrons. The van der Waals surface area contributed by atoms with Gasteiger partial charge in [-0.3, -0.25) is 0 Å². The van der Waals surface area contributed by atoms with Gasteiger partial charge in [0.25, 0.3) is 0 Å². The van der Waals surface area contributed by atoms with Crippen molar-refractivity contribution in [3.05, 3.63) is 35.6 Å². The molecule has 1 fully saturated rings. The molecule has 114 valence electrons. The molecule has 0 bridgehead atoms. The summed E-state index contributed by atoms with van der Waals surface area (Å²) in [6.45, 7) is 0. The van der Waals surface area contributed by atoms with Gasteiger partial charge in [-0.15, -0.1) is 0 Å². The summed E-state index contributed by atoms with van der Waals surface area (Å²) < 4.78 is 12.7. The summed E-state index contributed by atoms with van der Waals surface area (Å²) in [5, 5.41) is 5.35. The van der Waals surface area contributed by atoms with Crippen molar-refractivity contribution in [1.82, 2.24) is 5.43 Å². The van der Waals surface area contributed by atoms with Crippen molar-refractivity contribution in [1.29, 1.82) is 0 Å². The fourth-order valence-corrected chi connectivity index (χ4v) is 11.5. The van der Waals surface area contributed by atoms with E-state index in [0.29, 0.717) is 6.42 Å². The molecule has 1 aliphatic heterocycles. The number of hydrogen-bond acceptors (Lipinski definition) is 2. The number of nitrogens with zero attached hydrogens (tertiary/aromatic N) is 1. The monoisotopic (exact) mass is 422 g/mol. The van der Waals surface area contributed by atoms with Gasteiger partial charge in [-0.05, 0) is 0 Å². The summed E-state index contributed by atoms with van der Waals surface area (Å²) in [4.78, 5) is 12.6. The van der Waals surface area contributed by atoms with E-state index in [1.807, 2.05) is 0 Å². The average molecular weight is 420 g/mol. The molecule has 2 rings (SSSR count). The van der Waals surface area contributed by atoms with Crippen LogP contribution in [0.5, 0.6) is 0 Å². The SMILES string of the molecule is O=C(CCCCC1CC[Se][Se]1)N/N=C/c1ccc(F)cc1. The molecule has 0 spiro atoms. The molecule has 1 amide bonds. The molecule has 0 aromatic heterocycles. The third-order valence-electron chi connectivity index (χ3n) is 3.18. The molecule has 1 aromatic carbocycles. The van der Waals surface area contributed by atoms with Crippen molar-refractivity contribution in [2.75, 3.05) is 0 Å². The Hall–Kier alpha value is -0.671. The zero-order chi connectivity index (χ0) is 14.9. The van der Waals surface area contributed by atoms with Gasteiger partial charge in [-0.1, -0.05) is 0 Å². The minimum absolute atomic E-state index is 0.0467. The van der Waals surface area contributed by atoms with Gasteiger partial charge < -0.3 is 0 Å². The summed E-state index contributed by atoms with van der Waals surface area (Å²) in [6.07, 6.45) is 6.88. The normalized spacial score (nSPS) is 18.2. The molecule has 1 aliphatic rings. The van der Waals surface area contributed by atoms with E-state index < -0.39 is 0 Å². The second kappa shape index (κ2) is 9.37. The molecule has 3 nitrogen and oxygen atoms in total. The van der Waals surface area contributed by atoms with Gasteiger partial charge in [0, 0.05) is 0 Å². The molecule has 6 heteroatoms. The molecule has 1 N–H and O–H groups in total. The van der Waals surface area contributed by atoms with Crippen LogP contribution in [0.25, 0.3) is 0 Å². The second-order valence-electron chi connectivity index (χ2n) is 4.92. The molecule has 21 heavy (non-hydrogen) atoms. The number of halogens is 1. The molecular formula is C15H19FN2OSe2. The summed E-state index contributed by atoms with van der Waals surface area (Å²) in [6, 6.07) is 5.98. The number of carbonyl (C=O) groups is 1. The van der Waals surface area contributed by atoms with Crippen molar-refractivity contribution in [3.63, 3.8) is 0 Å². The maximum atomic E-state index is 12.7. The van der Waals surface area contributed by atoms with Crippen LogP contribution in [0.2, 0.25) is 10.1 Å². The predicted molar refractivity (Wildman–Crippen MR) is 85.3 cm³/mol. The topological polar surface area (TPSA) is 41.5 Å². The average Bonchev–Trinajstić information content (AvgIpc) is 2.99. The van der Waals surface area contributed by atoms with Crippen LogP contribution < -0.4 is 5.43 Å². The first-order valence-electron chi connectivity index (χ1n) is 7.10. The Morgan fingerprint density at radius 1 is 1.38 bits per heavy atom. The number of hydrogen-bond donors (Lipinski definition) is 1. The summed E-state index contributed by atoms with van der Waals surface area (Å²) in [5.41, 5.74) is 3.28. The fourth-order valence-electron chi connectivity index (χ4n) is 2.01. The Morgan fingerprint density at radius 2 is 2.19 bits per heavy atom. The third-order valence-corrected chi connectivity index (χ3v) is 12.1. The summed E-state index contributed by atoms with van der Waals surface area (Å²) >= 11 is 1.86. The molecule has 0 aliphatic carbocycles. The number of amides is 1. The summed E-state index contributed by atoms with van der Waals surface area (Å²) in [7, 11) is 0. The minimum atomic E-state index is -0.277. The van der Waals surface area contributed by atoms with E-state index in [1.54, 1.807) is 12.1 Å². The van der Waals surface area contributed by atoms with E-state index in [-0.39, 0.29) is 11.7 Å². The van der Waals surface area contributed by atoms with E-state index in [1.165, 1.54) is 36.5 Å². The van der Waals surface area contributed by atoms with Crippen LogP contribution in [0.3, 0.4) is 0 Å². The van der Waals surface area contributed by atoms with Gasteiger partial charge in [0.2, 0.25) is 0 Å². The van der Waals surface area contributed by atoms with Gasteiger partial charge >= 0.3 is 126 Å². The van der Waals surface area contributed by atoms with Crippen molar-refractivity contribution < 1.29 is 9.18 Å². The Balaban J connectivity index is 1.57. The number of nitrogens with one attached hydrogen (secondary N) is 1. The predicted octanol–water partition coefficient (Wildman–Crippen LogP) is 2.77. The Bertz CT molecular complexity index is 473. The zero-order valence-electron chi connectivity index (χ0n) is 11.8. The van der Waals surface area contributed by atoms with Crippen molar-refractivity contribution in [2.24, 2.45) is 5.10 Å². The van der Waals surface area contributed by atoms with Crippen LogP contribution >= 0.6 is 0 Å². The number of benzene rings is 1. The zero-order valence-corrected chi connectivity index (χ0v) is 15.2. The van der Waals surface area contributed by atoms with Crippen molar-refractivity contribution >= 4 is 38.4 Å². The number of rotatable bonds is 7. The Kier molecular flexibility index (Phi) is 7.45. The van der Waals surface area contributed by atoms with Gasteiger partial charge in [0.15, 0.2) is 0 Å². The Labute approximate surface area is 136 Å². The van der Waals surface area contributed by atoms with Gasteiger partial charge in [-0.25, -0.2) is 4.39 Å². The van der Waals surface area contributed by atoms with Gasteiger partial charge in [0.05, 0.1) is 0 Å². The second-order valence-corrected chi connectivity index (χ2v) is 12.7. The molecular weight excluding hydrogens is 401 g/mol. The molecule has 1 atom stereocenters. The maximum absolute atomic E-state index is 12.7. The first-order valence-corrected chi connectivity index (χ1v) is 13.6. The van der Waals surface area contributed by atoms with Crippen molar-refractivity contribution in [3.8, 4) is 0 Å². The van der Waals surface area contributed by atoms with Crippen LogP contribution in [0.1, 0.15) is 37.7 Å². The first kappa shape index (κ1) is 16.7. The van der Waals surface area contributed by atoms with Crippen LogP contribution in [0.4, 0.5) is 4.39 Å². The Morgan fingerprint density at radius 3 is 2.90 bits per heavy atom. The van der Waals surface area contributed by atoms with E-state index in [9.17, 15) is 9.18 Å². The van der Waals surface area contributed by atoms with Crippen LogP contribution in [-0.2, 0) is 4.79 Å². The van der Waals surface area contributed by atoms with Crippen LogP contribution in [0.15, 0.2) is 29.4 Å². The number of unbranched alkanes of at least 4 members (excludes halogenated alkanes) is 1. The standard InChI is InChI=1S/C15H19FN2OSe2/c16-13-7-5-12(6-8-13)11-17-18-15(19)4-2-1-3-14-9-10-20-21-14/h5-8,11,14H,1-4,9-10H2,(H,18,19)/b17-11+. The van der Waals surface area contributed by atoms with E-state index in [4.69, 9.17) is 0 Å². The molecule has 0 saturated carbocycles. The van der Waals surface area contributed by atoms with Gasteiger partial charge in [0.1, 0.15) is 5.82 Å². The fraction of sp³-hybridized carbons (Fsp3) is 0.467. The number of carbonyl (C=O) groups excluding carboxylic acids is 1. The van der Waals surface area contributed by atoms with Crippen LogP contribution in [0, 0.1) is 5.82 Å². The quantitative estimate of drug-likeness (QED) is 0.314. The molecule has 1 unspecified atom stereocenters. The van der Waals surface area contributed by atoms with Gasteiger partial charge in [-0.2, -0.15) is 0 Å². The van der Waals surface area contributed by atoms with E-state index >= 15 is 0 Å². The molecule has 1 saturated heterocycles. The first-order chi connectivity index (χ1) is 10.2. The third kappa shape index (κ3) is 6.75. The number of hydrazone groups is 1. The molecule has 1 heterocycles. The van der Waals surface area contributed by atoms with E-state index in [2.05, 4.69) is 10.5 Å². The summed E-state index contributed by atoms with van der Waals surface area (Å²) in [5.74, 6) is -0.324. The molecule has 1 aromatic rings.